The van der Waals surface area contributed by atoms with E-state index in [1.165, 1.54) is 44.1 Å². The molecule has 3 heteroatoms. The van der Waals surface area contributed by atoms with E-state index in [2.05, 4.69) is 16.4 Å². The standard InChI is InChI=1S/C15H22N2O/c1-11-8-15(18-14-4-2-3-5-14)12(9-16-11)10-17-13-6-7-13/h8-9,13-14,17H,2-7,10H2,1H3. The number of ether oxygens (including phenoxy) is 1. The van der Waals surface area contributed by atoms with Crippen LogP contribution in [0.1, 0.15) is 49.8 Å². The first-order valence-electron chi connectivity index (χ1n) is 7.17. The van der Waals surface area contributed by atoms with Crippen molar-refractivity contribution >= 4 is 0 Å². The molecule has 1 N–H and O–H groups in total. The molecule has 18 heavy (non-hydrogen) atoms. The zero-order valence-corrected chi connectivity index (χ0v) is 11.1. The average molecular weight is 246 g/mol. The van der Waals surface area contributed by atoms with Gasteiger partial charge in [0, 0.05) is 36.1 Å². The van der Waals surface area contributed by atoms with Gasteiger partial charge in [0.05, 0.1) is 6.10 Å². The van der Waals surface area contributed by atoms with Gasteiger partial charge in [0.15, 0.2) is 0 Å². The normalized spacial score (nSPS) is 20.3. The van der Waals surface area contributed by atoms with Gasteiger partial charge in [-0.3, -0.25) is 4.98 Å². The molecule has 2 saturated carbocycles. The van der Waals surface area contributed by atoms with E-state index >= 15 is 0 Å². The van der Waals surface area contributed by atoms with Gasteiger partial charge in [-0.1, -0.05) is 0 Å². The van der Waals surface area contributed by atoms with Gasteiger partial charge in [-0.25, -0.2) is 0 Å². The molecule has 0 radical (unpaired) electrons. The molecule has 98 valence electrons. The van der Waals surface area contributed by atoms with Crippen LogP contribution < -0.4 is 10.1 Å². The Bertz CT molecular complexity index is 409. The Morgan fingerprint density at radius 3 is 2.78 bits per heavy atom. The fourth-order valence-corrected chi connectivity index (χ4v) is 2.53. The molecule has 3 rings (SSSR count). The van der Waals surface area contributed by atoms with Crippen molar-refractivity contribution in [3.8, 4) is 5.75 Å². The highest BCUT2D eigenvalue weighted by molar-refractivity contribution is 5.33. The molecule has 0 atom stereocenters. The maximum atomic E-state index is 6.16. The van der Waals surface area contributed by atoms with Gasteiger partial charge in [0.2, 0.25) is 0 Å². The number of nitrogens with one attached hydrogen (secondary N) is 1. The summed E-state index contributed by atoms with van der Waals surface area (Å²) in [7, 11) is 0. The van der Waals surface area contributed by atoms with Crippen molar-refractivity contribution in [3.05, 3.63) is 23.5 Å². The summed E-state index contributed by atoms with van der Waals surface area (Å²) in [5.74, 6) is 1.04. The smallest absolute Gasteiger partial charge is 0.127 e. The van der Waals surface area contributed by atoms with Crippen LogP contribution in [0.3, 0.4) is 0 Å². The van der Waals surface area contributed by atoms with Crippen molar-refractivity contribution in [1.29, 1.82) is 0 Å². The highest BCUT2D eigenvalue weighted by atomic mass is 16.5. The Hall–Kier alpha value is -1.09. The number of pyridine rings is 1. The molecular formula is C15H22N2O. The largest absolute Gasteiger partial charge is 0.490 e. The number of hydrogen-bond donors (Lipinski definition) is 1. The SMILES string of the molecule is Cc1cc(OC2CCCC2)c(CNC2CC2)cn1. The maximum Gasteiger partial charge on any atom is 0.127 e. The van der Waals surface area contributed by atoms with Crippen molar-refractivity contribution < 1.29 is 4.74 Å². The van der Waals surface area contributed by atoms with Crippen molar-refractivity contribution in [3.63, 3.8) is 0 Å². The van der Waals surface area contributed by atoms with Gasteiger partial charge < -0.3 is 10.1 Å². The summed E-state index contributed by atoms with van der Waals surface area (Å²) in [6.07, 6.45) is 10.1. The number of hydrogen-bond acceptors (Lipinski definition) is 3. The van der Waals surface area contributed by atoms with Crippen molar-refractivity contribution in [2.45, 2.75) is 64.1 Å². The van der Waals surface area contributed by atoms with Crippen LogP contribution in [0.25, 0.3) is 0 Å². The third-order valence-corrected chi connectivity index (χ3v) is 3.83. The van der Waals surface area contributed by atoms with Crippen LogP contribution in [0.4, 0.5) is 0 Å². The van der Waals surface area contributed by atoms with E-state index in [1.54, 1.807) is 0 Å². The van der Waals surface area contributed by atoms with Crippen LogP contribution in [0.15, 0.2) is 12.3 Å². The van der Waals surface area contributed by atoms with E-state index in [0.717, 1.165) is 24.0 Å². The molecule has 2 aliphatic rings. The lowest BCUT2D eigenvalue weighted by Gasteiger charge is -2.17. The molecule has 1 aromatic rings. The summed E-state index contributed by atoms with van der Waals surface area (Å²) >= 11 is 0. The molecule has 3 nitrogen and oxygen atoms in total. The van der Waals surface area contributed by atoms with Gasteiger partial charge in [0.25, 0.3) is 0 Å². The molecule has 0 amide bonds. The Morgan fingerprint density at radius 1 is 1.28 bits per heavy atom. The third-order valence-electron chi connectivity index (χ3n) is 3.83. The average Bonchev–Trinajstić information content (AvgIpc) is 3.05. The molecule has 2 aliphatic carbocycles. The number of aryl methyl sites for hydroxylation is 1. The first kappa shape index (κ1) is 12.0. The minimum Gasteiger partial charge on any atom is -0.490 e. The van der Waals surface area contributed by atoms with Crippen LogP contribution in [0.5, 0.6) is 5.75 Å². The second-order valence-corrected chi connectivity index (χ2v) is 5.61. The van der Waals surface area contributed by atoms with Crippen molar-refractivity contribution in [2.24, 2.45) is 0 Å². The quantitative estimate of drug-likeness (QED) is 0.867. The van der Waals surface area contributed by atoms with Crippen LogP contribution in [0.2, 0.25) is 0 Å². The first-order valence-corrected chi connectivity index (χ1v) is 7.17. The van der Waals surface area contributed by atoms with Crippen molar-refractivity contribution in [1.82, 2.24) is 10.3 Å². The lowest BCUT2D eigenvalue weighted by molar-refractivity contribution is 0.207. The summed E-state index contributed by atoms with van der Waals surface area (Å²) in [4.78, 5) is 4.39. The molecule has 1 heterocycles. The predicted molar refractivity (Wildman–Crippen MR) is 71.7 cm³/mol. The molecular weight excluding hydrogens is 224 g/mol. The van der Waals surface area contributed by atoms with Gasteiger partial charge in [-0.05, 0) is 45.4 Å². The van der Waals surface area contributed by atoms with Gasteiger partial charge in [0.1, 0.15) is 5.75 Å². The Balaban J connectivity index is 1.69. The van der Waals surface area contributed by atoms with Gasteiger partial charge in [-0.15, -0.1) is 0 Å². The van der Waals surface area contributed by atoms with E-state index in [4.69, 9.17) is 4.74 Å². The van der Waals surface area contributed by atoms with E-state index in [9.17, 15) is 0 Å². The van der Waals surface area contributed by atoms with Crippen LogP contribution >= 0.6 is 0 Å². The van der Waals surface area contributed by atoms with E-state index < -0.39 is 0 Å². The highest BCUT2D eigenvalue weighted by Crippen LogP contribution is 2.27. The first-order chi connectivity index (χ1) is 8.81. The van der Waals surface area contributed by atoms with Crippen LogP contribution in [-0.4, -0.2) is 17.1 Å². The Labute approximate surface area is 109 Å². The molecule has 0 bridgehead atoms. The van der Waals surface area contributed by atoms with Crippen molar-refractivity contribution in [2.75, 3.05) is 0 Å². The topological polar surface area (TPSA) is 34.1 Å². The molecule has 0 aromatic carbocycles. The maximum absolute atomic E-state index is 6.16. The molecule has 1 aromatic heterocycles. The lowest BCUT2D eigenvalue weighted by atomic mass is 10.2. The molecule has 2 fully saturated rings. The van der Waals surface area contributed by atoms with E-state index in [1.807, 2.05) is 13.1 Å². The minimum atomic E-state index is 0.423. The summed E-state index contributed by atoms with van der Waals surface area (Å²) in [5.41, 5.74) is 2.25. The van der Waals surface area contributed by atoms with Crippen LogP contribution in [0, 0.1) is 6.92 Å². The predicted octanol–water partition coefficient (Wildman–Crippen LogP) is 2.96. The summed E-state index contributed by atoms with van der Waals surface area (Å²) in [5, 5.41) is 3.54. The summed E-state index contributed by atoms with van der Waals surface area (Å²) in [6, 6.07) is 2.81. The summed E-state index contributed by atoms with van der Waals surface area (Å²) in [6.45, 7) is 2.92. The third kappa shape index (κ3) is 3.02. The number of aromatic nitrogens is 1. The second-order valence-electron chi connectivity index (χ2n) is 5.61. The Kier molecular flexibility index (Phi) is 3.50. The Morgan fingerprint density at radius 2 is 2.06 bits per heavy atom. The molecule has 0 unspecified atom stereocenters. The summed E-state index contributed by atoms with van der Waals surface area (Å²) < 4.78 is 6.16. The van der Waals surface area contributed by atoms with E-state index in [0.29, 0.717) is 6.10 Å². The van der Waals surface area contributed by atoms with Gasteiger partial charge in [-0.2, -0.15) is 0 Å². The van der Waals surface area contributed by atoms with Gasteiger partial charge >= 0.3 is 0 Å². The molecule has 0 saturated heterocycles. The minimum absolute atomic E-state index is 0.423. The molecule has 0 aliphatic heterocycles. The fraction of sp³-hybridized carbons (Fsp3) is 0.667. The highest BCUT2D eigenvalue weighted by Gasteiger charge is 2.22. The zero-order valence-electron chi connectivity index (χ0n) is 11.1. The van der Waals surface area contributed by atoms with Crippen LogP contribution in [-0.2, 0) is 6.54 Å². The number of nitrogens with zero attached hydrogens (tertiary/aromatic N) is 1. The number of rotatable bonds is 5. The second kappa shape index (κ2) is 5.27. The zero-order chi connectivity index (χ0) is 12.4. The molecule has 0 spiro atoms. The monoisotopic (exact) mass is 246 g/mol. The lowest BCUT2D eigenvalue weighted by Crippen LogP contribution is -2.18. The fourth-order valence-electron chi connectivity index (χ4n) is 2.53. The van der Waals surface area contributed by atoms with E-state index in [-0.39, 0.29) is 0 Å².